The molecule has 4 nitrogen and oxygen atoms in total. The van der Waals surface area contributed by atoms with Crippen LogP contribution >= 0.6 is 0 Å². The van der Waals surface area contributed by atoms with Gasteiger partial charge in [-0.1, -0.05) is 27.7 Å². The van der Waals surface area contributed by atoms with Crippen molar-refractivity contribution in [3.63, 3.8) is 0 Å². The first-order chi connectivity index (χ1) is 7.40. The molecule has 0 aromatic carbocycles. The van der Waals surface area contributed by atoms with Crippen molar-refractivity contribution in [3.8, 4) is 0 Å². The molecule has 0 bridgehead atoms. The first kappa shape index (κ1) is 12.6. The predicted molar refractivity (Wildman–Crippen MR) is 62.9 cm³/mol. The Morgan fingerprint density at radius 2 is 2.06 bits per heavy atom. The summed E-state index contributed by atoms with van der Waals surface area (Å²) in [4.78, 5) is 22.6. The maximum atomic E-state index is 11.7. The third kappa shape index (κ3) is 2.56. The number of aryl methyl sites for hydroxylation is 1. The van der Waals surface area contributed by atoms with Gasteiger partial charge in [0.25, 0.3) is 5.56 Å². The van der Waals surface area contributed by atoms with Crippen LogP contribution in [0.25, 0.3) is 0 Å². The lowest BCUT2D eigenvalue weighted by Gasteiger charge is -2.19. The van der Waals surface area contributed by atoms with Crippen LogP contribution in [0, 0.1) is 0 Å². The highest BCUT2D eigenvalue weighted by atomic mass is 16.1. The number of carbonyl (C=O) groups is 1. The second-order valence-corrected chi connectivity index (χ2v) is 4.88. The van der Waals surface area contributed by atoms with E-state index in [4.69, 9.17) is 0 Å². The maximum absolute atomic E-state index is 11.7. The van der Waals surface area contributed by atoms with E-state index in [1.54, 1.807) is 6.07 Å². The molecule has 1 aromatic rings. The van der Waals surface area contributed by atoms with Crippen molar-refractivity contribution in [1.82, 2.24) is 9.78 Å². The highest BCUT2D eigenvalue weighted by Crippen LogP contribution is 2.19. The van der Waals surface area contributed by atoms with Crippen LogP contribution in [0.3, 0.4) is 0 Å². The maximum Gasteiger partial charge on any atom is 0.277 e. The monoisotopic (exact) mass is 222 g/mol. The SMILES string of the molecule is CCCn1nc(C(C)(C)C)cc(C=O)c1=O. The summed E-state index contributed by atoms with van der Waals surface area (Å²) < 4.78 is 1.38. The van der Waals surface area contributed by atoms with Gasteiger partial charge in [-0.15, -0.1) is 0 Å². The summed E-state index contributed by atoms with van der Waals surface area (Å²) in [6.45, 7) is 8.53. The van der Waals surface area contributed by atoms with Crippen molar-refractivity contribution in [2.45, 2.75) is 46.1 Å². The Balaban J connectivity index is 3.40. The summed E-state index contributed by atoms with van der Waals surface area (Å²) in [5.74, 6) is 0. The van der Waals surface area contributed by atoms with Crippen molar-refractivity contribution >= 4 is 6.29 Å². The molecule has 0 fully saturated rings. The molecule has 0 aliphatic rings. The molecule has 0 radical (unpaired) electrons. The molecular weight excluding hydrogens is 204 g/mol. The molecule has 0 aliphatic heterocycles. The molecule has 1 heterocycles. The average Bonchev–Trinajstić information content (AvgIpc) is 2.19. The predicted octanol–water partition coefficient (Wildman–Crippen LogP) is 1.76. The van der Waals surface area contributed by atoms with E-state index < -0.39 is 0 Å². The van der Waals surface area contributed by atoms with Gasteiger partial charge in [0.2, 0.25) is 0 Å². The molecule has 1 rings (SSSR count). The van der Waals surface area contributed by atoms with E-state index in [1.807, 2.05) is 27.7 Å². The van der Waals surface area contributed by atoms with Crippen molar-refractivity contribution in [2.75, 3.05) is 0 Å². The van der Waals surface area contributed by atoms with Crippen LogP contribution in [0.1, 0.15) is 50.2 Å². The Labute approximate surface area is 95.3 Å². The van der Waals surface area contributed by atoms with Crippen LogP contribution in [0.5, 0.6) is 0 Å². The standard InChI is InChI=1S/C12H18N2O2/c1-5-6-14-11(16)9(8-15)7-10(13-14)12(2,3)4/h7-8H,5-6H2,1-4H3. The van der Waals surface area contributed by atoms with Crippen molar-refractivity contribution in [1.29, 1.82) is 0 Å². The van der Waals surface area contributed by atoms with E-state index in [0.717, 1.165) is 12.1 Å². The lowest BCUT2D eigenvalue weighted by atomic mass is 9.91. The van der Waals surface area contributed by atoms with Gasteiger partial charge < -0.3 is 0 Å². The number of hydrogen-bond donors (Lipinski definition) is 0. The lowest BCUT2D eigenvalue weighted by molar-refractivity contribution is 0.112. The van der Waals surface area contributed by atoms with Gasteiger partial charge in [0.05, 0.1) is 11.3 Å². The third-order valence-corrected chi connectivity index (χ3v) is 2.33. The van der Waals surface area contributed by atoms with Gasteiger partial charge in [-0.3, -0.25) is 9.59 Å². The molecule has 88 valence electrons. The minimum Gasteiger partial charge on any atom is -0.298 e. The molecule has 0 saturated heterocycles. The number of rotatable bonds is 3. The summed E-state index contributed by atoms with van der Waals surface area (Å²) in [6, 6.07) is 1.58. The van der Waals surface area contributed by atoms with Crippen LogP contribution in [-0.4, -0.2) is 16.1 Å². The summed E-state index contributed by atoms with van der Waals surface area (Å²) in [5, 5.41) is 4.29. The first-order valence-corrected chi connectivity index (χ1v) is 5.48. The lowest BCUT2D eigenvalue weighted by Crippen LogP contribution is -2.30. The Bertz CT molecular complexity index is 441. The second-order valence-electron chi connectivity index (χ2n) is 4.88. The zero-order chi connectivity index (χ0) is 12.3. The fraction of sp³-hybridized carbons (Fsp3) is 0.583. The van der Waals surface area contributed by atoms with Gasteiger partial charge in [0.1, 0.15) is 0 Å². The third-order valence-electron chi connectivity index (χ3n) is 2.33. The second kappa shape index (κ2) is 4.60. The molecular formula is C12H18N2O2. The van der Waals surface area contributed by atoms with E-state index in [0.29, 0.717) is 12.8 Å². The zero-order valence-electron chi connectivity index (χ0n) is 10.3. The van der Waals surface area contributed by atoms with Crippen LogP contribution < -0.4 is 5.56 Å². The molecule has 0 atom stereocenters. The van der Waals surface area contributed by atoms with E-state index in [-0.39, 0.29) is 16.5 Å². The van der Waals surface area contributed by atoms with Gasteiger partial charge in [0, 0.05) is 12.0 Å². The highest BCUT2D eigenvalue weighted by Gasteiger charge is 2.18. The van der Waals surface area contributed by atoms with E-state index >= 15 is 0 Å². The quantitative estimate of drug-likeness (QED) is 0.732. The summed E-state index contributed by atoms with van der Waals surface area (Å²) in [5.41, 5.74) is 0.488. The van der Waals surface area contributed by atoms with Crippen LogP contribution in [0.4, 0.5) is 0 Å². The Hall–Kier alpha value is -1.45. The smallest absolute Gasteiger partial charge is 0.277 e. The molecule has 0 saturated carbocycles. The molecule has 0 unspecified atom stereocenters. The molecule has 0 N–H and O–H groups in total. The topological polar surface area (TPSA) is 52.0 Å². The summed E-state index contributed by atoms with van der Waals surface area (Å²) in [7, 11) is 0. The van der Waals surface area contributed by atoms with Gasteiger partial charge >= 0.3 is 0 Å². The van der Waals surface area contributed by atoms with E-state index in [2.05, 4.69) is 5.10 Å². The molecule has 0 amide bonds. The average molecular weight is 222 g/mol. The minimum absolute atomic E-state index is 0.166. The fourth-order valence-electron chi connectivity index (χ4n) is 1.38. The largest absolute Gasteiger partial charge is 0.298 e. The molecule has 16 heavy (non-hydrogen) atoms. The molecule has 0 spiro atoms. The van der Waals surface area contributed by atoms with Crippen LogP contribution in [-0.2, 0) is 12.0 Å². The van der Waals surface area contributed by atoms with Crippen LogP contribution in [0.15, 0.2) is 10.9 Å². The van der Waals surface area contributed by atoms with E-state index in [1.165, 1.54) is 4.68 Å². The molecule has 1 aromatic heterocycles. The van der Waals surface area contributed by atoms with Crippen molar-refractivity contribution in [3.05, 3.63) is 27.7 Å². The first-order valence-electron chi connectivity index (χ1n) is 5.48. The highest BCUT2D eigenvalue weighted by molar-refractivity contribution is 5.74. The summed E-state index contributed by atoms with van der Waals surface area (Å²) >= 11 is 0. The number of carbonyl (C=O) groups excluding carboxylic acids is 1. The van der Waals surface area contributed by atoms with Gasteiger partial charge in [-0.25, -0.2) is 4.68 Å². The van der Waals surface area contributed by atoms with Gasteiger partial charge in [-0.05, 0) is 12.5 Å². The number of nitrogens with zero attached hydrogens (tertiary/aromatic N) is 2. The Morgan fingerprint density at radius 1 is 1.44 bits per heavy atom. The molecule has 4 heteroatoms. The van der Waals surface area contributed by atoms with E-state index in [9.17, 15) is 9.59 Å². The fourth-order valence-corrected chi connectivity index (χ4v) is 1.38. The van der Waals surface area contributed by atoms with Crippen molar-refractivity contribution in [2.24, 2.45) is 0 Å². The van der Waals surface area contributed by atoms with Crippen molar-refractivity contribution < 1.29 is 4.79 Å². The number of aldehydes is 1. The Kier molecular flexibility index (Phi) is 3.62. The van der Waals surface area contributed by atoms with Crippen LogP contribution in [0.2, 0.25) is 0 Å². The minimum atomic E-state index is -0.301. The molecule has 0 aliphatic carbocycles. The number of aromatic nitrogens is 2. The number of hydrogen-bond acceptors (Lipinski definition) is 3. The van der Waals surface area contributed by atoms with Gasteiger partial charge in [0.15, 0.2) is 6.29 Å². The summed E-state index contributed by atoms with van der Waals surface area (Å²) in [6.07, 6.45) is 1.42. The Morgan fingerprint density at radius 3 is 2.50 bits per heavy atom. The van der Waals surface area contributed by atoms with Gasteiger partial charge in [-0.2, -0.15) is 5.10 Å². The zero-order valence-corrected chi connectivity index (χ0v) is 10.3. The normalized spacial score (nSPS) is 11.5.